The maximum Gasteiger partial charge on any atom is 0.0594 e. The second-order valence-electron chi connectivity index (χ2n) is 3.33. The third kappa shape index (κ3) is 4.84. The number of para-hydroxylation sites is 1. The normalized spacial score (nSPS) is 16.9. The maximum absolute atomic E-state index is 5.36. The van der Waals surface area contributed by atoms with Crippen LogP contribution in [0, 0.1) is 0 Å². The molecule has 0 saturated carbocycles. The number of nitrogens with zero attached hydrogens (tertiary/aromatic N) is 1. The lowest BCUT2D eigenvalue weighted by Crippen LogP contribution is -2.32. The lowest BCUT2D eigenvalue weighted by atomic mass is 10.3. The molecular formula is C11H18N2O. The Morgan fingerprint density at radius 1 is 1.14 bits per heavy atom. The average Bonchev–Trinajstić information content (AvgIpc) is 2.21. The number of anilines is 1. The summed E-state index contributed by atoms with van der Waals surface area (Å²) in [7, 11) is 2.11. The van der Waals surface area contributed by atoms with E-state index in [2.05, 4.69) is 11.9 Å². The maximum atomic E-state index is 5.36. The molecule has 2 N–H and O–H groups in total. The van der Waals surface area contributed by atoms with Crippen molar-refractivity contribution in [2.45, 2.75) is 0 Å². The van der Waals surface area contributed by atoms with Crippen LogP contribution in [0.2, 0.25) is 0 Å². The summed E-state index contributed by atoms with van der Waals surface area (Å²) in [5, 5.41) is 0. The van der Waals surface area contributed by atoms with Crippen molar-refractivity contribution in [3.05, 3.63) is 30.3 Å². The molecule has 0 spiro atoms. The zero-order valence-electron chi connectivity index (χ0n) is 8.65. The summed E-state index contributed by atoms with van der Waals surface area (Å²) in [6, 6.07) is 9.49. The molecule has 1 aliphatic heterocycles. The van der Waals surface area contributed by atoms with Crippen LogP contribution in [0.5, 0.6) is 0 Å². The van der Waals surface area contributed by atoms with Crippen molar-refractivity contribution in [1.29, 1.82) is 0 Å². The smallest absolute Gasteiger partial charge is 0.0594 e. The van der Waals surface area contributed by atoms with Gasteiger partial charge < -0.3 is 15.4 Å². The second-order valence-corrected chi connectivity index (χ2v) is 3.33. The summed E-state index contributed by atoms with van der Waals surface area (Å²) in [5.74, 6) is 0. The molecule has 1 aliphatic rings. The molecule has 0 atom stereocenters. The summed E-state index contributed by atoms with van der Waals surface area (Å²) < 4.78 is 5.10. The van der Waals surface area contributed by atoms with Gasteiger partial charge in [0.1, 0.15) is 0 Å². The SMILES string of the molecule is CN1CCOCC1.Nc1ccccc1. The Hall–Kier alpha value is -1.06. The van der Waals surface area contributed by atoms with Crippen LogP contribution in [0.4, 0.5) is 5.69 Å². The van der Waals surface area contributed by atoms with Gasteiger partial charge in [0.15, 0.2) is 0 Å². The summed E-state index contributed by atoms with van der Waals surface area (Å²) in [6.45, 7) is 4.02. The number of benzene rings is 1. The molecule has 1 aromatic carbocycles. The van der Waals surface area contributed by atoms with Gasteiger partial charge in [-0.2, -0.15) is 0 Å². The van der Waals surface area contributed by atoms with Gasteiger partial charge in [-0.1, -0.05) is 18.2 Å². The molecule has 0 bridgehead atoms. The van der Waals surface area contributed by atoms with Gasteiger partial charge in [0, 0.05) is 18.8 Å². The van der Waals surface area contributed by atoms with Crippen LogP contribution in [0.15, 0.2) is 30.3 Å². The molecule has 2 rings (SSSR count). The van der Waals surface area contributed by atoms with E-state index in [1.165, 1.54) is 0 Å². The molecule has 3 nitrogen and oxygen atoms in total. The molecule has 78 valence electrons. The van der Waals surface area contributed by atoms with E-state index in [-0.39, 0.29) is 0 Å². The highest BCUT2D eigenvalue weighted by molar-refractivity contribution is 5.35. The second kappa shape index (κ2) is 6.40. The van der Waals surface area contributed by atoms with Gasteiger partial charge in [-0.3, -0.25) is 0 Å². The first kappa shape index (κ1) is 11.0. The van der Waals surface area contributed by atoms with Crippen molar-refractivity contribution in [3.8, 4) is 0 Å². The van der Waals surface area contributed by atoms with Crippen molar-refractivity contribution in [3.63, 3.8) is 0 Å². The predicted molar refractivity (Wildman–Crippen MR) is 59.2 cm³/mol. The third-order valence-electron chi connectivity index (χ3n) is 2.03. The Kier molecular flexibility index (Phi) is 5.04. The highest BCUT2D eigenvalue weighted by Crippen LogP contribution is 1.95. The first-order valence-corrected chi connectivity index (χ1v) is 4.86. The molecule has 1 fully saturated rings. The first-order valence-electron chi connectivity index (χ1n) is 4.86. The molecular weight excluding hydrogens is 176 g/mol. The summed E-state index contributed by atoms with van der Waals surface area (Å²) in [4.78, 5) is 2.27. The minimum absolute atomic E-state index is 0.822. The van der Waals surface area contributed by atoms with E-state index in [0.29, 0.717) is 0 Å². The van der Waals surface area contributed by atoms with E-state index < -0.39 is 0 Å². The third-order valence-corrected chi connectivity index (χ3v) is 2.03. The number of nitrogen functional groups attached to an aromatic ring is 1. The predicted octanol–water partition coefficient (Wildman–Crippen LogP) is 1.22. The van der Waals surface area contributed by atoms with Gasteiger partial charge in [-0.15, -0.1) is 0 Å². The fraction of sp³-hybridized carbons (Fsp3) is 0.455. The number of morpholine rings is 1. The van der Waals surface area contributed by atoms with Crippen LogP contribution in [-0.2, 0) is 4.74 Å². The highest BCUT2D eigenvalue weighted by atomic mass is 16.5. The monoisotopic (exact) mass is 194 g/mol. The van der Waals surface area contributed by atoms with E-state index in [1.54, 1.807) is 0 Å². The van der Waals surface area contributed by atoms with E-state index >= 15 is 0 Å². The van der Waals surface area contributed by atoms with Gasteiger partial charge in [-0.05, 0) is 19.2 Å². The zero-order chi connectivity index (χ0) is 10.2. The molecule has 0 unspecified atom stereocenters. The first-order chi connectivity index (χ1) is 6.79. The number of rotatable bonds is 0. The molecule has 0 aromatic heterocycles. The van der Waals surface area contributed by atoms with Crippen LogP contribution < -0.4 is 5.73 Å². The Balaban J connectivity index is 0.000000140. The molecule has 14 heavy (non-hydrogen) atoms. The van der Waals surface area contributed by atoms with Crippen molar-refractivity contribution in [2.75, 3.05) is 39.1 Å². The molecule has 0 aliphatic carbocycles. The molecule has 0 amide bonds. The van der Waals surface area contributed by atoms with Crippen LogP contribution >= 0.6 is 0 Å². The summed E-state index contributed by atoms with van der Waals surface area (Å²) >= 11 is 0. The number of hydrogen-bond donors (Lipinski definition) is 1. The quantitative estimate of drug-likeness (QED) is 0.631. The van der Waals surface area contributed by atoms with Gasteiger partial charge in [-0.25, -0.2) is 0 Å². The number of hydrogen-bond acceptors (Lipinski definition) is 3. The summed E-state index contributed by atoms with van der Waals surface area (Å²) in [6.07, 6.45) is 0. The van der Waals surface area contributed by atoms with E-state index in [1.807, 2.05) is 30.3 Å². The number of likely N-dealkylation sites (N-methyl/N-ethyl adjacent to an activating group) is 1. The average molecular weight is 194 g/mol. The van der Waals surface area contributed by atoms with Crippen molar-refractivity contribution in [1.82, 2.24) is 4.90 Å². The van der Waals surface area contributed by atoms with Gasteiger partial charge in [0.2, 0.25) is 0 Å². The number of ether oxygens (including phenoxy) is 1. The molecule has 0 radical (unpaired) electrons. The highest BCUT2D eigenvalue weighted by Gasteiger charge is 2.02. The number of nitrogens with two attached hydrogens (primary N) is 1. The van der Waals surface area contributed by atoms with Crippen LogP contribution in [0.3, 0.4) is 0 Å². The molecule has 3 heteroatoms. The van der Waals surface area contributed by atoms with Crippen molar-refractivity contribution >= 4 is 5.69 Å². The minimum Gasteiger partial charge on any atom is -0.399 e. The van der Waals surface area contributed by atoms with E-state index in [0.717, 1.165) is 32.0 Å². The van der Waals surface area contributed by atoms with E-state index in [9.17, 15) is 0 Å². The Morgan fingerprint density at radius 2 is 1.71 bits per heavy atom. The van der Waals surface area contributed by atoms with Crippen LogP contribution in [0.25, 0.3) is 0 Å². The van der Waals surface area contributed by atoms with E-state index in [4.69, 9.17) is 10.5 Å². The standard InChI is InChI=1S/C6H7N.C5H11NO/c7-6-4-2-1-3-5-6;1-6-2-4-7-5-3-6/h1-5H,7H2;2-5H2,1H3. The van der Waals surface area contributed by atoms with Gasteiger partial charge >= 0.3 is 0 Å². The van der Waals surface area contributed by atoms with Crippen LogP contribution in [0.1, 0.15) is 0 Å². The molecule has 1 heterocycles. The lowest BCUT2D eigenvalue weighted by Gasteiger charge is -2.21. The van der Waals surface area contributed by atoms with Crippen molar-refractivity contribution in [2.24, 2.45) is 0 Å². The molecule has 1 aromatic rings. The topological polar surface area (TPSA) is 38.5 Å². The Labute approximate surface area is 85.5 Å². The largest absolute Gasteiger partial charge is 0.399 e. The fourth-order valence-corrected chi connectivity index (χ4v) is 1.11. The van der Waals surface area contributed by atoms with Gasteiger partial charge in [0.25, 0.3) is 0 Å². The van der Waals surface area contributed by atoms with Crippen LogP contribution in [-0.4, -0.2) is 38.3 Å². The fourth-order valence-electron chi connectivity index (χ4n) is 1.11. The zero-order valence-corrected chi connectivity index (χ0v) is 8.65. The lowest BCUT2D eigenvalue weighted by molar-refractivity contribution is 0.0503. The Bertz CT molecular complexity index is 232. The van der Waals surface area contributed by atoms with Gasteiger partial charge in [0.05, 0.1) is 13.2 Å². The Morgan fingerprint density at radius 3 is 2.00 bits per heavy atom. The minimum atomic E-state index is 0.822. The van der Waals surface area contributed by atoms with Crippen molar-refractivity contribution < 1.29 is 4.74 Å². The summed E-state index contributed by atoms with van der Waals surface area (Å²) in [5.41, 5.74) is 6.18. The molecule has 1 saturated heterocycles.